The van der Waals surface area contributed by atoms with Gasteiger partial charge in [0.25, 0.3) is 0 Å². The minimum absolute atomic E-state index is 0.0954. The standard InChI is InChI=1S/C13H23N3O5/c1-8(2)5-14-11(17)7-16-13(20)15-6-9-3-4-10(21-9)12(18)19/h8-10H,3-7H2,1-2H3,(H,14,17)(H,18,19)(H2,15,16,20). The molecule has 4 N–H and O–H groups in total. The van der Waals surface area contributed by atoms with E-state index in [1.807, 2.05) is 13.8 Å². The molecule has 0 bridgehead atoms. The van der Waals surface area contributed by atoms with Crippen LogP contribution in [0.15, 0.2) is 0 Å². The summed E-state index contributed by atoms with van der Waals surface area (Å²) in [6.45, 7) is 4.65. The summed E-state index contributed by atoms with van der Waals surface area (Å²) in [4.78, 5) is 33.6. The van der Waals surface area contributed by atoms with E-state index in [9.17, 15) is 14.4 Å². The zero-order valence-corrected chi connectivity index (χ0v) is 12.3. The van der Waals surface area contributed by atoms with E-state index in [1.165, 1.54) is 0 Å². The fraction of sp³-hybridized carbons (Fsp3) is 0.769. The van der Waals surface area contributed by atoms with Crippen LogP contribution in [0.1, 0.15) is 26.7 Å². The molecule has 0 aromatic heterocycles. The largest absolute Gasteiger partial charge is 0.479 e. The zero-order chi connectivity index (χ0) is 15.8. The summed E-state index contributed by atoms with van der Waals surface area (Å²) < 4.78 is 5.24. The minimum atomic E-state index is -0.983. The number of carbonyl (C=O) groups excluding carboxylic acids is 2. The Bertz CT molecular complexity index is 386. The van der Waals surface area contributed by atoms with Gasteiger partial charge in [-0.05, 0) is 18.8 Å². The quantitative estimate of drug-likeness (QED) is 0.514. The second-order valence-electron chi connectivity index (χ2n) is 5.42. The van der Waals surface area contributed by atoms with Gasteiger partial charge in [-0.1, -0.05) is 13.8 Å². The predicted octanol–water partition coefficient (Wildman–Crippen LogP) is -0.310. The summed E-state index contributed by atoms with van der Waals surface area (Å²) in [5.41, 5.74) is 0. The number of aliphatic carboxylic acids is 1. The second-order valence-corrected chi connectivity index (χ2v) is 5.42. The van der Waals surface area contributed by atoms with E-state index in [0.29, 0.717) is 25.3 Å². The fourth-order valence-electron chi connectivity index (χ4n) is 1.85. The number of nitrogens with one attached hydrogen (secondary N) is 3. The van der Waals surface area contributed by atoms with Crippen LogP contribution in [-0.2, 0) is 14.3 Å². The number of carboxylic acid groups (broad SMARTS) is 1. The molecule has 8 nitrogen and oxygen atoms in total. The molecule has 8 heteroatoms. The highest BCUT2D eigenvalue weighted by molar-refractivity contribution is 5.83. The number of urea groups is 1. The molecule has 0 aromatic rings. The van der Waals surface area contributed by atoms with Gasteiger partial charge < -0.3 is 25.8 Å². The first-order valence-electron chi connectivity index (χ1n) is 7.05. The SMILES string of the molecule is CC(C)CNC(=O)CNC(=O)NCC1CCC(C(=O)O)O1. The Labute approximate surface area is 123 Å². The molecule has 1 aliphatic rings. The van der Waals surface area contributed by atoms with Crippen LogP contribution >= 0.6 is 0 Å². The highest BCUT2D eigenvalue weighted by Gasteiger charge is 2.30. The van der Waals surface area contributed by atoms with E-state index in [1.54, 1.807) is 0 Å². The van der Waals surface area contributed by atoms with Crippen LogP contribution < -0.4 is 16.0 Å². The van der Waals surface area contributed by atoms with Crippen LogP contribution in [0.2, 0.25) is 0 Å². The molecule has 2 atom stereocenters. The summed E-state index contributed by atoms with van der Waals surface area (Å²) in [6, 6.07) is -0.475. The van der Waals surface area contributed by atoms with Crippen molar-refractivity contribution in [2.24, 2.45) is 5.92 Å². The van der Waals surface area contributed by atoms with Gasteiger partial charge in [0.15, 0.2) is 6.10 Å². The Morgan fingerprint density at radius 1 is 1.19 bits per heavy atom. The van der Waals surface area contributed by atoms with Crippen molar-refractivity contribution in [1.82, 2.24) is 16.0 Å². The van der Waals surface area contributed by atoms with Gasteiger partial charge in [0, 0.05) is 13.1 Å². The highest BCUT2D eigenvalue weighted by Crippen LogP contribution is 2.18. The molecule has 2 unspecified atom stereocenters. The van der Waals surface area contributed by atoms with Crippen LogP contribution in [0.5, 0.6) is 0 Å². The minimum Gasteiger partial charge on any atom is -0.479 e. The molecule has 0 saturated carbocycles. The van der Waals surface area contributed by atoms with Crippen LogP contribution in [0, 0.1) is 5.92 Å². The van der Waals surface area contributed by atoms with Crippen LogP contribution in [0.25, 0.3) is 0 Å². The first-order valence-corrected chi connectivity index (χ1v) is 7.05. The second kappa shape index (κ2) is 8.46. The molecule has 1 fully saturated rings. The van der Waals surface area contributed by atoms with Gasteiger partial charge in [0.05, 0.1) is 12.6 Å². The summed E-state index contributed by atoms with van der Waals surface area (Å²) in [6.07, 6.45) is -0.0548. The number of carbonyl (C=O) groups is 3. The number of hydrogen-bond donors (Lipinski definition) is 4. The van der Waals surface area contributed by atoms with Gasteiger partial charge in [-0.15, -0.1) is 0 Å². The van der Waals surface area contributed by atoms with E-state index < -0.39 is 18.1 Å². The summed E-state index contributed by atoms with van der Waals surface area (Å²) in [5.74, 6) is -0.879. The number of rotatable bonds is 7. The van der Waals surface area contributed by atoms with E-state index >= 15 is 0 Å². The molecule has 1 rings (SSSR count). The van der Waals surface area contributed by atoms with Gasteiger partial charge >= 0.3 is 12.0 Å². The molecule has 1 aliphatic heterocycles. The molecule has 21 heavy (non-hydrogen) atoms. The van der Waals surface area contributed by atoms with Crippen LogP contribution in [-0.4, -0.2) is 54.9 Å². The third kappa shape index (κ3) is 6.94. The van der Waals surface area contributed by atoms with Crippen molar-refractivity contribution < 1.29 is 24.2 Å². The molecule has 120 valence electrons. The molecule has 0 aliphatic carbocycles. The number of amides is 3. The molecule has 0 aromatic carbocycles. The van der Waals surface area contributed by atoms with Crippen molar-refractivity contribution in [2.75, 3.05) is 19.6 Å². The third-order valence-electron chi connectivity index (χ3n) is 2.99. The lowest BCUT2D eigenvalue weighted by molar-refractivity contribution is -0.149. The Morgan fingerprint density at radius 2 is 1.90 bits per heavy atom. The average Bonchev–Trinajstić information content (AvgIpc) is 2.89. The summed E-state index contributed by atoms with van der Waals surface area (Å²) in [5, 5.41) is 16.4. The number of ether oxygens (including phenoxy) is 1. The first kappa shape index (κ1) is 17.2. The highest BCUT2D eigenvalue weighted by atomic mass is 16.5. The molecule has 3 amide bonds. The predicted molar refractivity (Wildman–Crippen MR) is 74.8 cm³/mol. The Hall–Kier alpha value is -1.83. The Morgan fingerprint density at radius 3 is 2.48 bits per heavy atom. The van der Waals surface area contributed by atoms with E-state index in [4.69, 9.17) is 9.84 Å². The smallest absolute Gasteiger partial charge is 0.332 e. The molecular formula is C13H23N3O5. The van der Waals surface area contributed by atoms with Gasteiger partial charge in [0.1, 0.15) is 0 Å². The number of carboxylic acids is 1. The number of hydrogen-bond acceptors (Lipinski definition) is 4. The van der Waals surface area contributed by atoms with Crippen molar-refractivity contribution in [3.63, 3.8) is 0 Å². The summed E-state index contributed by atoms with van der Waals surface area (Å²) >= 11 is 0. The molecule has 0 radical (unpaired) electrons. The van der Waals surface area contributed by atoms with Crippen molar-refractivity contribution in [1.29, 1.82) is 0 Å². The molecule has 0 spiro atoms. The molecular weight excluding hydrogens is 278 g/mol. The maximum absolute atomic E-state index is 11.5. The average molecular weight is 301 g/mol. The Balaban J connectivity index is 2.12. The van der Waals surface area contributed by atoms with Crippen LogP contribution in [0.3, 0.4) is 0 Å². The Kier molecular flexibility index (Phi) is 6.93. The zero-order valence-electron chi connectivity index (χ0n) is 12.3. The van der Waals surface area contributed by atoms with Crippen LogP contribution in [0.4, 0.5) is 4.79 Å². The van der Waals surface area contributed by atoms with Gasteiger partial charge in [0.2, 0.25) is 5.91 Å². The lowest BCUT2D eigenvalue weighted by Crippen LogP contribution is -2.44. The van der Waals surface area contributed by atoms with Crippen molar-refractivity contribution in [3.8, 4) is 0 Å². The van der Waals surface area contributed by atoms with Gasteiger partial charge in [-0.2, -0.15) is 0 Å². The van der Waals surface area contributed by atoms with E-state index in [0.717, 1.165) is 0 Å². The molecule has 1 saturated heterocycles. The molecule has 1 heterocycles. The van der Waals surface area contributed by atoms with E-state index in [-0.39, 0.29) is 25.1 Å². The van der Waals surface area contributed by atoms with Gasteiger partial charge in [-0.3, -0.25) is 4.79 Å². The lowest BCUT2D eigenvalue weighted by atomic mass is 10.2. The van der Waals surface area contributed by atoms with Crippen molar-refractivity contribution in [3.05, 3.63) is 0 Å². The normalized spacial score (nSPS) is 21.1. The maximum Gasteiger partial charge on any atom is 0.332 e. The topological polar surface area (TPSA) is 117 Å². The van der Waals surface area contributed by atoms with E-state index in [2.05, 4.69) is 16.0 Å². The van der Waals surface area contributed by atoms with Gasteiger partial charge in [-0.25, -0.2) is 9.59 Å². The lowest BCUT2D eigenvalue weighted by Gasteiger charge is -2.13. The summed E-state index contributed by atoms with van der Waals surface area (Å²) in [7, 11) is 0. The fourth-order valence-corrected chi connectivity index (χ4v) is 1.85. The van der Waals surface area contributed by atoms with Crippen molar-refractivity contribution >= 4 is 17.9 Å². The van der Waals surface area contributed by atoms with Crippen molar-refractivity contribution in [2.45, 2.75) is 38.9 Å². The monoisotopic (exact) mass is 301 g/mol. The maximum atomic E-state index is 11.5. The first-order chi connectivity index (χ1) is 9.88. The third-order valence-corrected chi connectivity index (χ3v) is 2.99.